The maximum absolute atomic E-state index is 12.9. The first-order valence-corrected chi connectivity index (χ1v) is 9.28. The van der Waals surface area contributed by atoms with E-state index in [4.69, 9.17) is 11.6 Å². The third-order valence-electron chi connectivity index (χ3n) is 4.19. The number of hydrogen-bond donors (Lipinski definition) is 0. The SMILES string of the molecule is Cc1nn(Cc2ccccc2Cl)c(C)c1C(=O)N(C)Cc1cccs1. The van der Waals surface area contributed by atoms with E-state index < -0.39 is 0 Å². The summed E-state index contributed by atoms with van der Waals surface area (Å²) in [6, 6.07) is 11.7. The summed E-state index contributed by atoms with van der Waals surface area (Å²) in [5.41, 5.74) is 3.26. The summed E-state index contributed by atoms with van der Waals surface area (Å²) >= 11 is 7.90. The fourth-order valence-corrected chi connectivity index (χ4v) is 3.80. The van der Waals surface area contributed by atoms with Crippen molar-refractivity contribution in [2.45, 2.75) is 26.9 Å². The predicted molar refractivity (Wildman–Crippen MR) is 102 cm³/mol. The summed E-state index contributed by atoms with van der Waals surface area (Å²) < 4.78 is 1.85. The average molecular weight is 374 g/mol. The van der Waals surface area contributed by atoms with Gasteiger partial charge in [-0.05, 0) is 36.9 Å². The van der Waals surface area contributed by atoms with Gasteiger partial charge in [0.05, 0.1) is 24.3 Å². The average Bonchev–Trinajstić information content (AvgIpc) is 3.17. The highest BCUT2D eigenvalue weighted by molar-refractivity contribution is 7.09. The molecule has 0 saturated heterocycles. The van der Waals surface area contributed by atoms with Crippen molar-refractivity contribution >= 4 is 28.8 Å². The van der Waals surface area contributed by atoms with Gasteiger partial charge in [-0.15, -0.1) is 11.3 Å². The van der Waals surface area contributed by atoms with Crippen molar-refractivity contribution < 1.29 is 4.79 Å². The molecule has 0 N–H and O–H groups in total. The molecule has 1 aromatic carbocycles. The van der Waals surface area contributed by atoms with E-state index in [-0.39, 0.29) is 5.91 Å². The Hall–Kier alpha value is -2.11. The molecule has 4 nitrogen and oxygen atoms in total. The number of thiophene rings is 1. The molecule has 0 saturated carbocycles. The number of aryl methyl sites for hydroxylation is 1. The molecule has 0 aliphatic rings. The topological polar surface area (TPSA) is 38.1 Å². The highest BCUT2D eigenvalue weighted by Gasteiger charge is 2.22. The van der Waals surface area contributed by atoms with Gasteiger partial charge in [0, 0.05) is 22.6 Å². The van der Waals surface area contributed by atoms with Crippen molar-refractivity contribution in [3.05, 3.63) is 74.2 Å². The van der Waals surface area contributed by atoms with Crippen LogP contribution in [0.15, 0.2) is 41.8 Å². The Morgan fingerprint density at radius 3 is 2.68 bits per heavy atom. The van der Waals surface area contributed by atoms with Gasteiger partial charge in [0.25, 0.3) is 5.91 Å². The number of hydrogen-bond acceptors (Lipinski definition) is 3. The van der Waals surface area contributed by atoms with Crippen molar-refractivity contribution in [1.29, 1.82) is 0 Å². The van der Waals surface area contributed by atoms with Gasteiger partial charge in [-0.3, -0.25) is 9.48 Å². The van der Waals surface area contributed by atoms with E-state index in [1.54, 1.807) is 16.2 Å². The molecule has 0 unspecified atom stereocenters. The maximum atomic E-state index is 12.9. The summed E-state index contributed by atoms with van der Waals surface area (Å²) in [4.78, 5) is 15.8. The van der Waals surface area contributed by atoms with Crippen LogP contribution in [-0.2, 0) is 13.1 Å². The standard InChI is InChI=1S/C19H20ClN3OS/c1-13-18(19(24)22(3)12-16-8-6-10-25-16)14(2)23(21-13)11-15-7-4-5-9-17(15)20/h4-10H,11-12H2,1-3H3. The lowest BCUT2D eigenvalue weighted by atomic mass is 10.1. The Morgan fingerprint density at radius 2 is 2.00 bits per heavy atom. The molecule has 6 heteroatoms. The highest BCUT2D eigenvalue weighted by Crippen LogP contribution is 2.21. The third-order valence-corrected chi connectivity index (χ3v) is 5.42. The van der Waals surface area contributed by atoms with Gasteiger partial charge in [0.2, 0.25) is 0 Å². The number of halogens is 1. The van der Waals surface area contributed by atoms with E-state index in [1.807, 2.05) is 67.4 Å². The first kappa shape index (κ1) is 17.7. The van der Waals surface area contributed by atoms with E-state index >= 15 is 0 Å². The van der Waals surface area contributed by atoms with Gasteiger partial charge in [-0.25, -0.2) is 0 Å². The fourth-order valence-electron chi connectivity index (χ4n) is 2.85. The minimum absolute atomic E-state index is 0.00573. The van der Waals surface area contributed by atoms with Crippen molar-refractivity contribution in [2.75, 3.05) is 7.05 Å². The molecule has 0 aliphatic heterocycles. The van der Waals surface area contributed by atoms with Crippen LogP contribution in [0.25, 0.3) is 0 Å². The van der Waals surface area contributed by atoms with Crippen molar-refractivity contribution in [3.8, 4) is 0 Å². The van der Waals surface area contributed by atoms with Crippen molar-refractivity contribution in [1.82, 2.24) is 14.7 Å². The number of nitrogens with zero attached hydrogens (tertiary/aromatic N) is 3. The largest absolute Gasteiger partial charge is 0.336 e. The maximum Gasteiger partial charge on any atom is 0.257 e. The summed E-state index contributed by atoms with van der Waals surface area (Å²) in [6.45, 7) is 4.96. The normalized spacial score (nSPS) is 10.9. The first-order chi connectivity index (χ1) is 12.0. The fraction of sp³-hybridized carbons (Fsp3) is 0.263. The quantitative estimate of drug-likeness (QED) is 0.658. The van der Waals surface area contributed by atoms with Gasteiger partial charge >= 0.3 is 0 Å². The van der Waals surface area contributed by atoms with E-state index in [9.17, 15) is 4.79 Å². The number of carbonyl (C=O) groups excluding carboxylic acids is 1. The number of amides is 1. The smallest absolute Gasteiger partial charge is 0.257 e. The molecule has 130 valence electrons. The molecular formula is C19H20ClN3OS. The van der Waals surface area contributed by atoms with E-state index in [2.05, 4.69) is 5.10 Å². The number of aromatic nitrogens is 2. The molecule has 3 rings (SSSR count). The molecule has 1 amide bonds. The number of carbonyl (C=O) groups is 1. The first-order valence-electron chi connectivity index (χ1n) is 8.02. The highest BCUT2D eigenvalue weighted by atomic mass is 35.5. The van der Waals surface area contributed by atoms with Crippen LogP contribution in [0.4, 0.5) is 0 Å². The molecule has 3 aromatic rings. The minimum Gasteiger partial charge on any atom is -0.336 e. The Labute approximate surface area is 156 Å². The van der Waals surface area contributed by atoms with Crippen LogP contribution in [0.3, 0.4) is 0 Å². The Kier molecular flexibility index (Phi) is 5.25. The van der Waals surface area contributed by atoms with Gasteiger partial charge in [0.1, 0.15) is 0 Å². The zero-order chi connectivity index (χ0) is 18.0. The Balaban J connectivity index is 1.84. The van der Waals surface area contributed by atoms with Crippen LogP contribution in [0, 0.1) is 13.8 Å². The van der Waals surface area contributed by atoms with Gasteiger partial charge in [-0.2, -0.15) is 5.10 Å². The van der Waals surface area contributed by atoms with E-state index in [0.29, 0.717) is 23.7 Å². The molecule has 0 fully saturated rings. The molecular weight excluding hydrogens is 354 g/mol. The van der Waals surface area contributed by atoms with Crippen LogP contribution < -0.4 is 0 Å². The van der Waals surface area contributed by atoms with Crippen molar-refractivity contribution in [3.63, 3.8) is 0 Å². The lowest BCUT2D eigenvalue weighted by Crippen LogP contribution is -2.26. The molecule has 25 heavy (non-hydrogen) atoms. The molecule has 0 aliphatic carbocycles. The van der Waals surface area contributed by atoms with Gasteiger partial charge in [0.15, 0.2) is 0 Å². The molecule has 0 spiro atoms. The monoisotopic (exact) mass is 373 g/mol. The summed E-state index contributed by atoms with van der Waals surface area (Å²) in [6.07, 6.45) is 0. The zero-order valence-corrected chi connectivity index (χ0v) is 16.1. The van der Waals surface area contributed by atoms with Gasteiger partial charge in [-0.1, -0.05) is 35.9 Å². The molecule has 0 bridgehead atoms. The lowest BCUT2D eigenvalue weighted by Gasteiger charge is -2.16. The molecule has 2 heterocycles. The summed E-state index contributed by atoms with van der Waals surface area (Å²) in [5, 5.41) is 7.29. The lowest BCUT2D eigenvalue weighted by molar-refractivity contribution is 0.0785. The van der Waals surface area contributed by atoms with E-state index in [0.717, 1.165) is 21.8 Å². The summed E-state index contributed by atoms with van der Waals surface area (Å²) in [5.74, 6) is -0.00573. The number of benzene rings is 1. The Morgan fingerprint density at radius 1 is 1.24 bits per heavy atom. The third kappa shape index (κ3) is 3.78. The summed E-state index contributed by atoms with van der Waals surface area (Å²) in [7, 11) is 1.83. The predicted octanol–water partition coefficient (Wildman–Crippen LogP) is 4.54. The minimum atomic E-state index is -0.00573. The van der Waals surface area contributed by atoms with Crippen LogP contribution in [-0.4, -0.2) is 27.6 Å². The van der Waals surface area contributed by atoms with Crippen LogP contribution in [0.5, 0.6) is 0 Å². The Bertz CT molecular complexity index is 886. The molecule has 2 aromatic heterocycles. The van der Waals surface area contributed by atoms with E-state index in [1.165, 1.54) is 0 Å². The van der Waals surface area contributed by atoms with Crippen LogP contribution in [0.1, 0.15) is 32.2 Å². The zero-order valence-electron chi connectivity index (χ0n) is 14.5. The van der Waals surface area contributed by atoms with Crippen LogP contribution >= 0.6 is 22.9 Å². The molecule has 0 radical (unpaired) electrons. The number of rotatable bonds is 5. The second kappa shape index (κ2) is 7.42. The molecule has 0 atom stereocenters. The van der Waals surface area contributed by atoms with Crippen LogP contribution in [0.2, 0.25) is 5.02 Å². The van der Waals surface area contributed by atoms with Gasteiger partial charge < -0.3 is 4.90 Å². The second-order valence-corrected chi connectivity index (χ2v) is 7.47. The second-order valence-electron chi connectivity index (χ2n) is 6.04. The van der Waals surface area contributed by atoms with Crippen molar-refractivity contribution in [2.24, 2.45) is 0 Å².